The van der Waals surface area contributed by atoms with Crippen molar-refractivity contribution in [2.45, 2.75) is 45.3 Å². The van der Waals surface area contributed by atoms with E-state index in [2.05, 4.69) is 12.1 Å². The summed E-state index contributed by atoms with van der Waals surface area (Å²) in [5, 5.41) is 0. The average Bonchev–Trinajstić information content (AvgIpc) is 2.38. The van der Waals surface area contributed by atoms with Gasteiger partial charge in [-0.1, -0.05) is 30.3 Å². The van der Waals surface area contributed by atoms with Crippen LogP contribution in [-0.4, -0.2) is 36.1 Å². The lowest BCUT2D eigenvalue weighted by Gasteiger charge is -2.35. The van der Waals surface area contributed by atoms with Gasteiger partial charge in [-0.3, -0.25) is 4.79 Å². The largest absolute Gasteiger partial charge is 0.372 e. The van der Waals surface area contributed by atoms with Crippen molar-refractivity contribution in [3.8, 4) is 0 Å². The summed E-state index contributed by atoms with van der Waals surface area (Å²) >= 11 is 0. The molecule has 0 spiro atoms. The number of morpholine rings is 1. The number of aryl methyl sites for hydroxylation is 1. The average molecular weight is 261 g/mol. The Hall–Kier alpha value is -1.35. The molecule has 0 aliphatic carbocycles. The lowest BCUT2D eigenvalue weighted by Crippen LogP contribution is -2.48. The van der Waals surface area contributed by atoms with E-state index >= 15 is 0 Å². The Morgan fingerprint density at radius 2 is 1.84 bits per heavy atom. The van der Waals surface area contributed by atoms with E-state index in [9.17, 15) is 4.79 Å². The summed E-state index contributed by atoms with van der Waals surface area (Å²) in [7, 11) is 0. The first-order chi connectivity index (χ1) is 9.15. The molecule has 0 radical (unpaired) electrons. The quantitative estimate of drug-likeness (QED) is 0.834. The monoisotopic (exact) mass is 261 g/mol. The number of benzene rings is 1. The van der Waals surface area contributed by atoms with Crippen LogP contribution in [0.4, 0.5) is 0 Å². The van der Waals surface area contributed by atoms with Crippen molar-refractivity contribution in [3.63, 3.8) is 0 Å². The van der Waals surface area contributed by atoms with Crippen LogP contribution in [0.2, 0.25) is 0 Å². The van der Waals surface area contributed by atoms with Crippen LogP contribution in [0.25, 0.3) is 0 Å². The highest BCUT2D eigenvalue weighted by Crippen LogP contribution is 2.13. The lowest BCUT2D eigenvalue weighted by atomic mass is 10.1. The Morgan fingerprint density at radius 1 is 1.21 bits per heavy atom. The first-order valence-electron chi connectivity index (χ1n) is 7.12. The van der Waals surface area contributed by atoms with Crippen molar-refractivity contribution in [3.05, 3.63) is 35.9 Å². The third-order valence-electron chi connectivity index (χ3n) is 3.47. The maximum Gasteiger partial charge on any atom is 0.222 e. The van der Waals surface area contributed by atoms with Gasteiger partial charge in [0.15, 0.2) is 0 Å². The fourth-order valence-electron chi connectivity index (χ4n) is 2.63. The third kappa shape index (κ3) is 4.35. The number of amides is 1. The fraction of sp³-hybridized carbons (Fsp3) is 0.562. The third-order valence-corrected chi connectivity index (χ3v) is 3.47. The zero-order valence-electron chi connectivity index (χ0n) is 11.8. The highest BCUT2D eigenvalue weighted by molar-refractivity contribution is 5.76. The highest BCUT2D eigenvalue weighted by atomic mass is 16.5. The Labute approximate surface area is 115 Å². The molecule has 1 aliphatic rings. The van der Waals surface area contributed by atoms with Crippen molar-refractivity contribution in [2.75, 3.05) is 13.1 Å². The number of carbonyl (C=O) groups excluding carboxylic acids is 1. The summed E-state index contributed by atoms with van der Waals surface area (Å²) in [6, 6.07) is 10.3. The van der Waals surface area contributed by atoms with Crippen LogP contribution in [0.3, 0.4) is 0 Å². The predicted molar refractivity (Wildman–Crippen MR) is 76.0 cm³/mol. The van der Waals surface area contributed by atoms with Crippen molar-refractivity contribution in [1.82, 2.24) is 4.90 Å². The van der Waals surface area contributed by atoms with E-state index in [1.165, 1.54) is 5.56 Å². The van der Waals surface area contributed by atoms with Gasteiger partial charge in [0.05, 0.1) is 12.2 Å². The van der Waals surface area contributed by atoms with Crippen LogP contribution >= 0.6 is 0 Å². The van der Waals surface area contributed by atoms with Gasteiger partial charge in [0, 0.05) is 19.5 Å². The minimum absolute atomic E-state index is 0.154. The van der Waals surface area contributed by atoms with Gasteiger partial charge in [0.25, 0.3) is 0 Å². The molecule has 0 N–H and O–H groups in total. The van der Waals surface area contributed by atoms with Gasteiger partial charge in [-0.15, -0.1) is 0 Å². The van der Waals surface area contributed by atoms with Gasteiger partial charge in [0.2, 0.25) is 5.91 Å². The van der Waals surface area contributed by atoms with E-state index in [-0.39, 0.29) is 18.1 Å². The smallest absolute Gasteiger partial charge is 0.222 e. The number of hydrogen-bond acceptors (Lipinski definition) is 2. The van der Waals surface area contributed by atoms with Gasteiger partial charge in [-0.2, -0.15) is 0 Å². The number of nitrogens with zero attached hydrogens (tertiary/aromatic N) is 1. The summed E-state index contributed by atoms with van der Waals surface area (Å²) < 4.78 is 5.65. The van der Waals surface area contributed by atoms with Crippen molar-refractivity contribution < 1.29 is 9.53 Å². The fourth-order valence-corrected chi connectivity index (χ4v) is 2.63. The summed E-state index contributed by atoms with van der Waals surface area (Å²) in [6.45, 7) is 5.52. The molecule has 1 aromatic rings. The van der Waals surface area contributed by atoms with Crippen LogP contribution < -0.4 is 0 Å². The second-order valence-corrected chi connectivity index (χ2v) is 5.40. The summed E-state index contributed by atoms with van der Waals surface area (Å²) in [4.78, 5) is 14.1. The van der Waals surface area contributed by atoms with Crippen molar-refractivity contribution >= 4 is 5.91 Å². The van der Waals surface area contributed by atoms with E-state index in [1.807, 2.05) is 36.9 Å². The predicted octanol–water partition coefficient (Wildman–Crippen LogP) is 2.65. The van der Waals surface area contributed by atoms with Crippen LogP contribution in [0.5, 0.6) is 0 Å². The number of hydrogen-bond donors (Lipinski definition) is 0. The lowest BCUT2D eigenvalue weighted by molar-refractivity contribution is -0.143. The molecule has 0 saturated carbocycles. The van der Waals surface area contributed by atoms with E-state index in [4.69, 9.17) is 4.74 Å². The van der Waals surface area contributed by atoms with Gasteiger partial charge in [0.1, 0.15) is 0 Å². The zero-order chi connectivity index (χ0) is 13.7. The van der Waals surface area contributed by atoms with Crippen molar-refractivity contribution in [2.24, 2.45) is 0 Å². The number of rotatable bonds is 4. The Balaban J connectivity index is 1.75. The first kappa shape index (κ1) is 14.1. The standard InChI is InChI=1S/C16H23NO2/c1-13-11-17(12-14(2)19-13)16(18)10-6-9-15-7-4-3-5-8-15/h3-5,7-8,13-14H,6,9-12H2,1-2H3. The van der Waals surface area contributed by atoms with E-state index in [0.717, 1.165) is 25.9 Å². The Kier molecular flexibility index (Phi) is 4.97. The minimum atomic E-state index is 0.154. The molecule has 1 aromatic carbocycles. The topological polar surface area (TPSA) is 29.5 Å². The van der Waals surface area contributed by atoms with Gasteiger partial charge in [-0.05, 0) is 32.3 Å². The first-order valence-corrected chi connectivity index (χ1v) is 7.12. The van der Waals surface area contributed by atoms with Gasteiger partial charge < -0.3 is 9.64 Å². The molecule has 104 valence electrons. The molecule has 1 saturated heterocycles. The molecule has 1 amide bonds. The highest BCUT2D eigenvalue weighted by Gasteiger charge is 2.25. The zero-order valence-corrected chi connectivity index (χ0v) is 11.8. The van der Waals surface area contributed by atoms with Gasteiger partial charge in [-0.25, -0.2) is 0 Å². The van der Waals surface area contributed by atoms with Crippen LogP contribution in [0.15, 0.2) is 30.3 Å². The Bertz CT molecular complexity index is 394. The molecule has 2 rings (SSSR count). The molecule has 2 unspecified atom stereocenters. The molecule has 19 heavy (non-hydrogen) atoms. The molecule has 3 nitrogen and oxygen atoms in total. The molecular formula is C16H23NO2. The molecule has 0 aromatic heterocycles. The maximum atomic E-state index is 12.1. The number of carbonyl (C=O) groups is 1. The van der Waals surface area contributed by atoms with E-state index < -0.39 is 0 Å². The number of ether oxygens (including phenoxy) is 1. The summed E-state index contributed by atoms with van der Waals surface area (Å²) in [5.74, 6) is 0.262. The molecule has 1 heterocycles. The van der Waals surface area contributed by atoms with Crippen LogP contribution in [-0.2, 0) is 16.0 Å². The summed E-state index contributed by atoms with van der Waals surface area (Å²) in [6.07, 6.45) is 2.84. The molecular weight excluding hydrogens is 238 g/mol. The molecule has 0 bridgehead atoms. The molecule has 1 fully saturated rings. The van der Waals surface area contributed by atoms with Crippen LogP contribution in [0.1, 0.15) is 32.3 Å². The van der Waals surface area contributed by atoms with E-state index in [0.29, 0.717) is 6.42 Å². The second kappa shape index (κ2) is 6.71. The Morgan fingerprint density at radius 3 is 2.47 bits per heavy atom. The second-order valence-electron chi connectivity index (χ2n) is 5.40. The molecule has 1 aliphatic heterocycles. The normalized spacial score (nSPS) is 23.4. The van der Waals surface area contributed by atoms with Crippen molar-refractivity contribution in [1.29, 1.82) is 0 Å². The minimum Gasteiger partial charge on any atom is -0.372 e. The SMILES string of the molecule is CC1CN(C(=O)CCCc2ccccc2)CC(C)O1. The van der Waals surface area contributed by atoms with E-state index in [1.54, 1.807) is 0 Å². The van der Waals surface area contributed by atoms with Crippen LogP contribution in [0, 0.1) is 0 Å². The maximum absolute atomic E-state index is 12.1. The molecule has 2 atom stereocenters. The molecule has 3 heteroatoms. The van der Waals surface area contributed by atoms with Gasteiger partial charge >= 0.3 is 0 Å². The summed E-state index contributed by atoms with van der Waals surface area (Å²) in [5.41, 5.74) is 1.30.